The molecule has 1 heterocycles. The standard InChI is InChI=1S/C29H33ClN2O4S/c1-3-4-7-23-24(26(30)12-13-28(23)37(33,34)31-2)19-35-29(15-16-29)25-18-32-17-14-21(25)22-8-5-6-9-27(22)36-20-10-11-20/h5-6,8-9,12-14,17-18,20,31H,3-4,7,10-11,15-16,19H2,1-2H3. The molecule has 2 fully saturated rings. The second-order valence-electron chi connectivity index (χ2n) is 9.83. The molecule has 0 amide bonds. The first kappa shape index (κ1) is 26.2. The lowest BCUT2D eigenvalue weighted by Crippen LogP contribution is -2.21. The maximum Gasteiger partial charge on any atom is 0.240 e. The summed E-state index contributed by atoms with van der Waals surface area (Å²) in [6, 6.07) is 13.4. The molecule has 2 saturated carbocycles. The largest absolute Gasteiger partial charge is 0.490 e. The average Bonchev–Trinajstić information content (AvgIpc) is 3.84. The van der Waals surface area contributed by atoms with Gasteiger partial charge in [0.1, 0.15) is 5.75 Å². The molecule has 2 aromatic carbocycles. The van der Waals surface area contributed by atoms with Crippen LogP contribution in [0.5, 0.6) is 5.75 Å². The molecule has 2 aliphatic rings. The Labute approximate surface area is 224 Å². The van der Waals surface area contributed by atoms with Crippen LogP contribution in [0.3, 0.4) is 0 Å². The summed E-state index contributed by atoms with van der Waals surface area (Å²) in [5.41, 5.74) is 4.07. The molecule has 1 aromatic heterocycles. The van der Waals surface area contributed by atoms with Crippen LogP contribution in [0.15, 0.2) is 59.8 Å². The molecule has 3 aromatic rings. The van der Waals surface area contributed by atoms with Crippen LogP contribution in [0.1, 0.15) is 62.1 Å². The minimum atomic E-state index is -3.63. The van der Waals surface area contributed by atoms with Gasteiger partial charge in [-0.2, -0.15) is 0 Å². The van der Waals surface area contributed by atoms with Crippen LogP contribution in [0.2, 0.25) is 5.02 Å². The van der Waals surface area contributed by atoms with Crippen LogP contribution in [-0.2, 0) is 33.4 Å². The fraction of sp³-hybridized carbons (Fsp3) is 0.414. The smallest absolute Gasteiger partial charge is 0.240 e. The predicted octanol–water partition coefficient (Wildman–Crippen LogP) is 6.40. The molecular weight excluding hydrogens is 508 g/mol. The van der Waals surface area contributed by atoms with Crippen LogP contribution < -0.4 is 9.46 Å². The summed E-state index contributed by atoms with van der Waals surface area (Å²) in [6.07, 6.45) is 10.3. The summed E-state index contributed by atoms with van der Waals surface area (Å²) in [5.74, 6) is 0.878. The number of nitrogens with zero attached hydrogens (tertiary/aromatic N) is 1. The molecule has 37 heavy (non-hydrogen) atoms. The third-order valence-corrected chi connectivity index (χ3v) is 9.03. The number of hydrogen-bond donors (Lipinski definition) is 1. The van der Waals surface area contributed by atoms with Gasteiger partial charge < -0.3 is 9.47 Å². The van der Waals surface area contributed by atoms with Crippen molar-refractivity contribution in [2.45, 2.75) is 75.1 Å². The molecule has 5 rings (SSSR count). The minimum absolute atomic E-state index is 0.222. The molecule has 2 aliphatic carbocycles. The lowest BCUT2D eigenvalue weighted by atomic mass is 9.96. The molecule has 0 spiro atoms. The normalized spacial score (nSPS) is 16.5. The lowest BCUT2D eigenvalue weighted by Gasteiger charge is -2.23. The van der Waals surface area contributed by atoms with Crippen LogP contribution in [0, 0.1) is 0 Å². The summed E-state index contributed by atoms with van der Waals surface area (Å²) in [4.78, 5) is 4.70. The Morgan fingerprint density at radius 1 is 1.08 bits per heavy atom. The number of unbranched alkanes of at least 4 members (excludes halogenated alkanes) is 1. The van der Waals surface area contributed by atoms with E-state index in [0.29, 0.717) is 17.5 Å². The number of pyridine rings is 1. The van der Waals surface area contributed by atoms with E-state index in [1.165, 1.54) is 7.05 Å². The summed E-state index contributed by atoms with van der Waals surface area (Å²) < 4.78 is 40.9. The van der Waals surface area contributed by atoms with Gasteiger partial charge in [0.05, 0.1) is 23.2 Å². The number of halogens is 1. The molecule has 0 atom stereocenters. The van der Waals surface area contributed by atoms with Gasteiger partial charge in [0.2, 0.25) is 10.0 Å². The zero-order valence-electron chi connectivity index (χ0n) is 21.3. The SMILES string of the molecule is CCCCc1c(S(=O)(=O)NC)ccc(Cl)c1COC1(c2cnccc2-c2ccccc2OC2CC2)CC1. The number of ether oxygens (including phenoxy) is 2. The van der Waals surface area contributed by atoms with Gasteiger partial charge in [-0.1, -0.05) is 43.1 Å². The van der Waals surface area contributed by atoms with Crippen molar-refractivity contribution in [1.82, 2.24) is 9.71 Å². The maximum atomic E-state index is 12.8. The van der Waals surface area contributed by atoms with Crippen molar-refractivity contribution in [2.75, 3.05) is 7.05 Å². The minimum Gasteiger partial charge on any atom is -0.490 e. The Morgan fingerprint density at radius 3 is 2.57 bits per heavy atom. The molecule has 6 nitrogen and oxygen atoms in total. The van der Waals surface area contributed by atoms with Gasteiger partial charge in [-0.3, -0.25) is 4.98 Å². The summed E-state index contributed by atoms with van der Waals surface area (Å²) in [5, 5.41) is 0.520. The van der Waals surface area contributed by atoms with E-state index in [1.54, 1.807) is 18.3 Å². The van der Waals surface area contributed by atoms with Crippen molar-refractivity contribution in [2.24, 2.45) is 0 Å². The third kappa shape index (κ3) is 5.55. The van der Waals surface area contributed by atoms with Gasteiger partial charge in [-0.05, 0) is 81.0 Å². The van der Waals surface area contributed by atoms with E-state index in [9.17, 15) is 8.42 Å². The van der Waals surface area contributed by atoms with Crippen molar-refractivity contribution in [3.05, 3.63) is 76.6 Å². The molecule has 0 unspecified atom stereocenters. The first-order valence-electron chi connectivity index (χ1n) is 13.0. The highest BCUT2D eigenvalue weighted by Gasteiger charge is 2.48. The number of benzene rings is 2. The Kier molecular flexibility index (Phi) is 7.59. The van der Waals surface area contributed by atoms with Crippen molar-refractivity contribution in [1.29, 1.82) is 0 Å². The van der Waals surface area contributed by atoms with Gasteiger partial charge >= 0.3 is 0 Å². The lowest BCUT2D eigenvalue weighted by molar-refractivity contribution is 0.0169. The number of hydrogen-bond acceptors (Lipinski definition) is 5. The van der Waals surface area contributed by atoms with E-state index in [1.807, 2.05) is 30.5 Å². The van der Waals surface area contributed by atoms with E-state index < -0.39 is 15.6 Å². The molecule has 0 saturated heterocycles. The number of para-hydroxylation sites is 1. The van der Waals surface area contributed by atoms with Crippen LogP contribution in [0.4, 0.5) is 0 Å². The average molecular weight is 541 g/mol. The van der Waals surface area contributed by atoms with Gasteiger partial charge in [-0.15, -0.1) is 0 Å². The first-order valence-corrected chi connectivity index (χ1v) is 14.8. The van der Waals surface area contributed by atoms with Crippen LogP contribution >= 0.6 is 11.6 Å². The number of nitrogens with one attached hydrogen (secondary N) is 1. The summed E-state index contributed by atoms with van der Waals surface area (Å²) >= 11 is 6.65. The first-order chi connectivity index (χ1) is 17.9. The molecule has 8 heteroatoms. The topological polar surface area (TPSA) is 77.5 Å². The van der Waals surface area contributed by atoms with E-state index in [-0.39, 0.29) is 11.5 Å². The molecule has 196 valence electrons. The van der Waals surface area contributed by atoms with Crippen molar-refractivity contribution < 1.29 is 17.9 Å². The number of rotatable bonds is 12. The van der Waals surface area contributed by atoms with Gasteiger partial charge in [-0.25, -0.2) is 13.1 Å². The second-order valence-corrected chi connectivity index (χ2v) is 12.1. The van der Waals surface area contributed by atoms with Crippen LogP contribution in [-0.4, -0.2) is 26.6 Å². The fourth-order valence-electron chi connectivity index (χ4n) is 4.75. The molecule has 0 radical (unpaired) electrons. The predicted molar refractivity (Wildman–Crippen MR) is 145 cm³/mol. The van der Waals surface area contributed by atoms with E-state index >= 15 is 0 Å². The van der Waals surface area contributed by atoms with Gasteiger partial charge in [0, 0.05) is 34.1 Å². The quantitative estimate of drug-likeness (QED) is 0.287. The van der Waals surface area contributed by atoms with E-state index in [2.05, 4.69) is 22.7 Å². The van der Waals surface area contributed by atoms with Crippen molar-refractivity contribution in [3.63, 3.8) is 0 Å². The molecule has 0 bridgehead atoms. The van der Waals surface area contributed by atoms with Crippen molar-refractivity contribution >= 4 is 21.6 Å². The van der Waals surface area contributed by atoms with Crippen molar-refractivity contribution in [3.8, 4) is 16.9 Å². The third-order valence-electron chi connectivity index (χ3n) is 7.17. The Morgan fingerprint density at radius 2 is 1.86 bits per heavy atom. The Balaban J connectivity index is 1.48. The molecule has 1 N–H and O–H groups in total. The van der Waals surface area contributed by atoms with Crippen LogP contribution in [0.25, 0.3) is 11.1 Å². The Bertz CT molecular complexity index is 1380. The summed E-state index contributed by atoms with van der Waals surface area (Å²) in [6.45, 7) is 2.31. The highest BCUT2D eigenvalue weighted by atomic mass is 35.5. The number of sulfonamides is 1. The molecular formula is C29H33ClN2O4S. The maximum absolute atomic E-state index is 12.8. The summed E-state index contributed by atoms with van der Waals surface area (Å²) in [7, 11) is -2.20. The fourth-order valence-corrected chi connectivity index (χ4v) is 6.00. The highest BCUT2D eigenvalue weighted by Crippen LogP contribution is 2.53. The zero-order chi connectivity index (χ0) is 26.0. The monoisotopic (exact) mass is 540 g/mol. The van der Waals surface area contributed by atoms with E-state index in [0.717, 1.165) is 72.1 Å². The highest BCUT2D eigenvalue weighted by molar-refractivity contribution is 7.89. The van der Waals surface area contributed by atoms with Gasteiger partial charge in [0.25, 0.3) is 0 Å². The Hall–Kier alpha value is -2.45. The number of aromatic nitrogens is 1. The molecule has 0 aliphatic heterocycles. The van der Waals surface area contributed by atoms with Gasteiger partial charge in [0.15, 0.2) is 0 Å². The zero-order valence-corrected chi connectivity index (χ0v) is 22.9. The van der Waals surface area contributed by atoms with E-state index in [4.69, 9.17) is 21.1 Å². The second kappa shape index (κ2) is 10.7.